The Balaban J connectivity index is 5.26. The van der Waals surface area contributed by atoms with Gasteiger partial charge in [0.15, 0.2) is 12.2 Å². The summed E-state index contributed by atoms with van der Waals surface area (Å²) in [6.45, 7) is 11.9. The van der Waals surface area contributed by atoms with E-state index in [1.807, 2.05) is 0 Å². The van der Waals surface area contributed by atoms with E-state index in [0.29, 0.717) is 31.6 Å². The van der Waals surface area contributed by atoms with Gasteiger partial charge in [0.2, 0.25) is 0 Å². The van der Waals surface area contributed by atoms with Crippen molar-refractivity contribution in [3.05, 3.63) is 0 Å². The molecule has 0 saturated heterocycles. The number of ether oxygens (including phenoxy) is 4. The first-order chi connectivity index (χ1) is 45.3. The minimum atomic E-state index is -4.96. The Labute approximate surface area is 575 Å². The normalized spacial score (nSPS) is 14.4. The lowest BCUT2D eigenvalue weighted by atomic mass is 9.99. The van der Waals surface area contributed by atoms with Crippen LogP contribution in [0.25, 0.3) is 0 Å². The molecule has 94 heavy (non-hydrogen) atoms. The van der Waals surface area contributed by atoms with Crippen molar-refractivity contribution >= 4 is 39.5 Å². The van der Waals surface area contributed by atoms with Crippen molar-refractivity contribution in [3.63, 3.8) is 0 Å². The third-order valence-electron chi connectivity index (χ3n) is 17.7. The first-order valence-corrected chi connectivity index (χ1v) is 41.9. The van der Waals surface area contributed by atoms with Gasteiger partial charge in [-0.1, -0.05) is 331 Å². The standard InChI is InChI=1S/C75H146O17P2/c1-8-10-11-12-13-14-15-16-17-18-19-22-29-36-44-51-58-74(79)91-70(62-85-72(77)56-49-42-35-28-23-20-21-26-32-39-46-53-66(3)4)64-89-93(81,82)87-60-69(76)61-88-94(83,84)90-65-71(63-86-73(78)57-50-43-38-31-33-40-47-54-67(5)6)92-75(80)59-52-45-37-30-25-24-27-34-41-48-55-68(7)9-2/h66-71,76H,8-65H2,1-7H3,(H,81,82)(H,83,84)/t68?,69-,70-,71-/m1/s1. The number of esters is 4. The number of aliphatic hydroxyl groups is 1. The Hall–Kier alpha value is -1.94. The molecule has 3 unspecified atom stereocenters. The van der Waals surface area contributed by atoms with E-state index in [-0.39, 0.29) is 25.7 Å². The van der Waals surface area contributed by atoms with Gasteiger partial charge in [0.1, 0.15) is 19.3 Å². The highest BCUT2D eigenvalue weighted by Gasteiger charge is 2.30. The van der Waals surface area contributed by atoms with Gasteiger partial charge in [-0.25, -0.2) is 9.13 Å². The van der Waals surface area contributed by atoms with Gasteiger partial charge in [0.25, 0.3) is 0 Å². The molecule has 0 heterocycles. The fourth-order valence-corrected chi connectivity index (χ4v) is 13.0. The topological polar surface area (TPSA) is 237 Å². The predicted octanol–water partition coefficient (Wildman–Crippen LogP) is 21.8. The van der Waals surface area contributed by atoms with Gasteiger partial charge in [-0.2, -0.15) is 0 Å². The van der Waals surface area contributed by atoms with Gasteiger partial charge < -0.3 is 33.8 Å². The number of phosphoric acid groups is 2. The molecule has 0 bridgehead atoms. The van der Waals surface area contributed by atoms with Crippen molar-refractivity contribution in [2.45, 2.75) is 401 Å². The molecule has 0 amide bonds. The zero-order chi connectivity index (χ0) is 69.4. The zero-order valence-corrected chi connectivity index (χ0v) is 63.2. The van der Waals surface area contributed by atoms with Gasteiger partial charge in [-0.3, -0.25) is 37.3 Å². The van der Waals surface area contributed by atoms with Crippen LogP contribution in [0.5, 0.6) is 0 Å². The van der Waals surface area contributed by atoms with E-state index in [1.54, 1.807) is 0 Å². The van der Waals surface area contributed by atoms with E-state index in [2.05, 4.69) is 48.5 Å². The SMILES string of the molecule is CCCCCCCCCCCCCCCCCCC(=O)O[C@H](COC(=O)CCCCCCCCCCCCCC(C)C)COP(=O)(O)OC[C@@H](O)COP(=O)(O)OC[C@@H](COC(=O)CCCCCCCCCC(C)C)OC(=O)CCCCCCCCCCCCC(C)CC. The van der Waals surface area contributed by atoms with Crippen LogP contribution in [0.15, 0.2) is 0 Å². The van der Waals surface area contributed by atoms with E-state index >= 15 is 0 Å². The molecule has 3 N–H and O–H groups in total. The number of hydrogen-bond donors (Lipinski definition) is 3. The summed E-state index contributed by atoms with van der Waals surface area (Å²) in [6.07, 6.45) is 51.3. The maximum atomic E-state index is 13.1. The minimum Gasteiger partial charge on any atom is -0.462 e. The van der Waals surface area contributed by atoms with E-state index in [1.165, 1.54) is 186 Å². The summed E-state index contributed by atoms with van der Waals surface area (Å²) in [5, 5.41) is 10.6. The average Bonchev–Trinajstić information content (AvgIpc) is 1.74. The van der Waals surface area contributed by atoms with Gasteiger partial charge in [0.05, 0.1) is 26.4 Å². The van der Waals surface area contributed by atoms with Gasteiger partial charge in [-0.05, 0) is 43.4 Å². The summed E-state index contributed by atoms with van der Waals surface area (Å²) in [4.78, 5) is 72.8. The molecule has 558 valence electrons. The minimum absolute atomic E-state index is 0.105. The molecule has 0 aliphatic heterocycles. The highest BCUT2D eigenvalue weighted by atomic mass is 31.2. The molecule has 0 aliphatic carbocycles. The molecule has 0 rings (SSSR count). The van der Waals surface area contributed by atoms with E-state index in [9.17, 15) is 43.2 Å². The Bertz CT molecular complexity index is 1840. The van der Waals surface area contributed by atoms with Crippen LogP contribution in [0.4, 0.5) is 0 Å². The van der Waals surface area contributed by atoms with E-state index < -0.39 is 97.5 Å². The number of phosphoric ester groups is 2. The fourth-order valence-electron chi connectivity index (χ4n) is 11.4. The second-order valence-electron chi connectivity index (χ2n) is 28.2. The lowest BCUT2D eigenvalue weighted by Gasteiger charge is -2.21. The smallest absolute Gasteiger partial charge is 0.462 e. The molecule has 0 spiro atoms. The van der Waals surface area contributed by atoms with Gasteiger partial charge >= 0.3 is 39.5 Å². The third-order valence-corrected chi connectivity index (χ3v) is 19.6. The van der Waals surface area contributed by atoms with Crippen molar-refractivity contribution in [3.8, 4) is 0 Å². The van der Waals surface area contributed by atoms with Crippen LogP contribution < -0.4 is 0 Å². The van der Waals surface area contributed by atoms with Crippen LogP contribution in [0.1, 0.15) is 382 Å². The molecule has 17 nitrogen and oxygen atoms in total. The van der Waals surface area contributed by atoms with Crippen LogP contribution in [0.2, 0.25) is 0 Å². The van der Waals surface area contributed by atoms with Crippen molar-refractivity contribution < 1.29 is 80.2 Å². The summed E-state index contributed by atoms with van der Waals surface area (Å²) < 4.78 is 68.5. The molecule has 0 aromatic heterocycles. The molecule has 0 saturated carbocycles. The highest BCUT2D eigenvalue weighted by Crippen LogP contribution is 2.45. The molecule has 0 aromatic carbocycles. The second-order valence-corrected chi connectivity index (χ2v) is 31.1. The van der Waals surface area contributed by atoms with Crippen molar-refractivity contribution in [1.82, 2.24) is 0 Å². The maximum absolute atomic E-state index is 13.1. The molecule has 6 atom stereocenters. The van der Waals surface area contributed by atoms with Crippen molar-refractivity contribution in [2.75, 3.05) is 39.6 Å². The van der Waals surface area contributed by atoms with Crippen molar-refractivity contribution in [1.29, 1.82) is 0 Å². The third kappa shape index (κ3) is 67.3. The summed E-state index contributed by atoms with van der Waals surface area (Å²) in [7, 11) is -9.91. The number of carbonyl (C=O) groups excluding carboxylic acids is 4. The molecule has 0 fully saturated rings. The second kappa shape index (κ2) is 65.7. The fraction of sp³-hybridized carbons (Fsp3) is 0.947. The monoisotopic (exact) mass is 1380 g/mol. The van der Waals surface area contributed by atoms with Crippen LogP contribution in [0.3, 0.4) is 0 Å². The number of carbonyl (C=O) groups is 4. The summed E-state index contributed by atoms with van der Waals surface area (Å²) in [6, 6.07) is 0. The van der Waals surface area contributed by atoms with Gasteiger partial charge in [0, 0.05) is 25.7 Å². The van der Waals surface area contributed by atoms with Crippen molar-refractivity contribution in [2.24, 2.45) is 17.8 Å². The largest absolute Gasteiger partial charge is 0.472 e. The molecule has 0 aromatic rings. The number of hydrogen-bond acceptors (Lipinski definition) is 15. The average molecular weight is 1380 g/mol. The lowest BCUT2D eigenvalue weighted by Crippen LogP contribution is -2.30. The zero-order valence-electron chi connectivity index (χ0n) is 61.4. The first-order valence-electron chi connectivity index (χ1n) is 38.9. The van der Waals surface area contributed by atoms with Crippen LogP contribution in [-0.2, 0) is 65.4 Å². The van der Waals surface area contributed by atoms with Gasteiger partial charge in [-0.15, -0.1) is 0 Å². The summed E-state index contributed by atoms with van der Waals surface area (Å²) in [5.74, 6) is 0.160. The molecule has 0 aliphatic rings. The maximum Gasteiger partial charge on any atom is 0.472 e. The van der Waals surface area contributed by atoms with Crippen LogP contribution >= 0.6 is 15.6 Å². The molecular formula is C75H146O17P2. The van der Waals surface area contributed by atoms with Crippen LogP contribution in [0, 0.1) is 17.8 Å². The summed E-state index contributed by atoms with van der Waals surface area (Å²) in [5.41, 5.74) is 0. The molecular weight excluding hydrogens is 1230 g/mol. The molecule has 19 heteroatoms. The Kier molecular flexibility index (Phi) is 64.3. The van der Waals surface area contributed by atoms with Crippen LogP contribution in [-0.4, -0.2) is 96.7 Å². The quantitative estimate of drug-likeness (QED) is 0.0222. The lowest BCUT2D eigenvalue weighted by molar-refractivity contribution is -0.161. The highest BCUT2D eigenvalue weighted by molar-refractivity contribution is 7.47. The number of rotatable bonds is 73. The van der Waals surface area contributed by atoms with E-state index in [4.69, 9.17) is 37.0 Å². The number of unbranched alkanes of at least 4 members (excludes halogenated alkanes) is 40. The first kappa shape index (κ1) is 92.1. The Morgan fingerprint density at radius 1 is 0.309 bits per heavy atom. The predicted molar refractivity (Wildman–Crippen MR) is 381 cm³/mol. The Morgan fingerprint density at radius 3 is 0.809 bits per heavy atom. The molecule has 0 radical (unpaired) electrons. The number of aliphatic hydroxyl groups excluding tert-OH is 1. The van der Waals surface area contributed by atoms with E-state index in [0.717, 1.165) is 108 Å². The Morgan fingerprint density at radius 2 is 0.543 bits per heavy atom. The summed E-state index contributed by atoms with van der Waals surface area (Å²) >= 11 is 0.